The highest BCUT2D eigenvalue weighted by Gasteiger charge is 2.38. The number of rotatable bonds is 6. The zero-order chi connectivity index (χ0) is 27.0. The Labute approximate surface area is 229 Å². The number of halogens is 2. The van der Waals surface area contributed by atoms with Gasteiger partial charge in [0.25, 0.3) is 0 Å². The van der Waals surface area contributed by atoms with Crippen LogP contribution in [0.2, 0.25) is 10.0 Å². The molecule has 4 aromatic carbocycles. The van der Waals surface area contributed by atoms with Gasteiger partial charge in [-0.1, -0.05) is 53.6 Å². The van der Waals surface area contributed by atoms with Gasteiger partial charge in [-0.05, 0) is 53.1 Å². The average Bonchev–Trinajstić information content (AvgIpc) is 3.29. The van der Waals surface area contributed by atoms with Crippen molar-refractivity contribution in [2.75, 3.05) is 14.2 Å². The SMILES string of the molecule is COc1cc(/C=C/c2ccc3c(c2)C(c2cc(O)cc(O)c2Cl)C(c2ccc(O)cc2)O3)c(Cl)c(OC)c1. The van der Waals surface area contributed by atoms with Crippen molar-refractivity contribution in [3.8, 4) is 34.5 Å². The van der Waals surface area contributed by atoms with E-state index in [2.05, 4.69) is 0 Å². The van der Waals surface area contributed by atoms with Crippen LogP contribution in [0.25, 0.3) is 12.2 Å². The monoisotopic (exact) mass is 550 g/mol. The van der Waals surface area contributed by atoms with Crippen LogP contribution >= 0.6 is 23.2 Å². The van der Waals surface area contributed by atoms with Crippen molar-refractivity contribution in [1.82, 2.24) is 0 Å². The van der Waals surface area contributed by atoms with Crippen LogP contribution in [0.1, 0.15) is 39.8 Å². The summed E-state index contributed by atoms with van der Waals surface area (Å²) in [6, 6.07) is 18.7. The number of fused-ring (bicyclic) bond motifs is 1. The fourth-order valence-corrected chi connectivity index (χ4v) is 5.13. The Morgan fingerprint density at radius 1 is 0.763 bits per heavy atom. The zero-order valence-corrected chi connectivity index (χ0v) is 22.0. The Morgan fingerprint density at radius 3 is 2.24 bits per heavy atom. The summed E-state index contributed by atoms with van der Waals surface area (Å²) in [6.45, 7) is 0. The Bertz CT molecular complexity index is 1530. The molecule has 2 unspecified atom stereocenters. The van der Waals surface area contributed by atoms with E-state index in [1.54, 1.807) is 44.6 Å². The average molecular weight is 551 g/mol. The van der Waals surface area contributed by atoms with Crippen LogP contribution in [0.5, 0.6) is 34.5 Å². The molecule has 0 fully saturated rings. The molecule has 38 heavy (non-hydrogen) atoms. The van der Waals surface area contributed by atoms with Crippen LogP contribution in [-0.4, -0.2) is 29.5 Å². The molecule has 1 heterocycles. The predicted octanol–water partition coefficient (Wildman–Crippen LogP) is 7.56. The number of hydrogen-bond donors (Lipinski definition) is 3. The third kappa shape index (κ3) is 4.80. The number of phenolic OH excluding ortho intramolecular Hbond substituents is 3. The highest BCUT2D eigenvalue weighted by molar-refractivity contribution is 6.33. The van der Waals surface area contributed by atoms with E-state index in [0.29, 0.717) is 27.8 Å². The second-order valence-corrected chi connectivity index (χ2v) is 9.60. The number of hydrogen-bond acceptors (Lipinski definition) is 6. The van der Waals surface area contributed by atoms with Gasteiger partial charge in [0.1, 0.15) is 40.6 Å². The summed E-state index contributed by atoms with van der Waals surface area (Å²) in [7, 11) is 3.12. The summed E-state index contributed by atoms with van der Waals surface area (Å²) in [5, 5.41) is 31.0. The minimum atomic E-state index is -0.513. The van der Waals surface area contributed by atoms with Crippen molar-refractivity contribution < 1.29 is 29.5 Å². The second kappa shape index (κ2) is 10.4. The summed E-state index contributed by atoms with van der Waals surface area (Å²) >= 11 is 13.1. The van der Waals surface area contributed by atoms with Gasteiger partial charge in [-0.15, -0.1) is 0 Å². The lowest BCUT2D eigenvalue weighted by Gasteiger charge is -2.22. The first-order valence-corrected chi connectivity index (χ1v) is 12.4. The molecule has 1 aliphatic rings. The molecule has 6 nitrogen and oxygen atoms in total. The molecule has 8 heteroatoms. The summed E-state index contributed by atoms with van der Waals surface area (Å²) < 4.78 is 17.1. The lowest BCUT2D eigenvalue weighted by Crippen LogP contribution is -2.12. The first-order chi connectivity index (χ1) is 18.3. The quantitative estimate of drug-likeness (QED) is 0.214. The van der Waals surface area contributed by atoms with Crippen LogP contribution in [0.3, 0.4) is 0 Å². The summed E-state index contributed by atoms with van der Waals surface area (Å²) in [5.41, 5.74) is 3.73. The van der Waals surface area contributed by atoms with E-state index in [4.69, 9.17) is 37.4 Å². The molecule has 2 atom stereocenters. The van der Waals surface area contributed by atoms with E-state index in [-0.39, 0.29) is 22.3 Å². The Hall–Kier alpha value is -4.00. The Kier molecular flexibility index (Phi) is 7.02. The second-order valence-electron chi connectivity index (χ2n) is 8.84. The largest absolute Gasteiger partial charge is 0.508 e. The lowest BCUT2D eigenvalue weighted by atomic mass is 9.84. The number of methoxy groups -OCH3 is 2. The van der Waals surface area contributed by atoms with Crippen LogP contribution in [-0.2, 0) is 0 Å². The fourth-order valence-electron chi connectivity index (χ4n) is 4.65. The molecule has 0 saturated carbocycles. The molecule has 5 rings (SSSR count). The van der Waals surface area contributed by atoms with Crippen LogP contribution in [0.15, 0.2) is 66.7 Å². The molecule has 0 amide bonds. The minimum absolute atomic E-state index is 0.113. The van der Waals surface area contributed by atoms with Crippen molar-refractivity contribution in [2.45, 2.75) is 12.0 Å². The third-order valence-electron chi connectivity index (χ3n) is 6.50. The third-order valence-corrected chi connectivity index (χ3v) is 7.32. The van der Waals surface area contributed by atoms with E-state index < -0.39 is 12.0 Å². The molecule has 3 N–H and O–H groups in total. The molecule has 194 valence electrons. The number of ether oxygens (including phenoxy) is 3. The van der Waals surface area contributed by atoms with Gasteiger partial charge in [-0.3, -0.25) is 0 Å². The van der Waals surface area contributed by atoms with Crippen molar-refractivity contribution in [2.24, 2.45) is 0 Å². The normalized spacial score (nSPS) is 16.3. The highest BCUT2D eigenvalue weighted by Crippen LogP contribution is 2.53. The maximum absolute atomic E-state index is 10.3. The van der Waals surface area contributed by atoms with Crippen molar-refractivity contribution in [1.29, 1.82) is 0 Å². The lowest BCUT2D eigenvalue weighted by molar-refractivity contribution is 0.222. The van der Waals surface area contributed by atoms with E-state index in [9.17, 15) is 15.3 Å². The Morgan fingerprint density at radius 2 is 1.53 bits per heavy atom. The van der Waals surface area contributed by atoms with Gasteiger partial charge in [-0.2, -0.15) is 0 Å². The molecule has 0 radical (unpaired) electrons. The van der Waals surface area contributed by atoms with Gasteiger partial charge in [-0.25, -0.2) is 0 Å². The molecular formula is C30H24Cl2O6. The van der Waals surface area contributed by atoms with Gasteiger partial charge in [0.05, 0.1) is 30.2 Å². The summed E-state index contributed by atoms with van der Waals surface area (Å²) in [5.74, 6) is 1.11. The van der Waals surface area contributed by atoms with Gasteiger partial charge in [0.2, 0.25) is 0 Å². The van der Waals surface area contributed by atoms with E-state index in [1.165, 1.54) is 12.1 Å². The summed E-state index contributed by atoms with van der Waals surface area (Å²) in [4.78, 5) is 0. The van der Waals surface area contributed by atoms with E-state index in [0.717, 1.165) is 22.3 Å². The molecular weight excluding hydrogens is 527 g/mol. The van der Waals surface area contributed by atoms with Crippen molar-refractivity contribution in [3.05, 3.63) is 105 Å². The van der Waals surface area contributed by atoms with Crippen LogP contribution in [0, 0.1) is 0 Å². The van der Waals surface area contributed by atoms with Gasteiger partial charge >= 0.3 is 0 Å². The van der Waals surface area contributed by atoms with Crippen molar-refractivity contribution >= 4 is 35.4 Å². The first kappa shape index (κ1) is 25.6. The van der Waals surface area contributed by atoms with Gasteiger partial charge in [0.15, 0.2) is 0 Å². The summed E-state index contributed by atoms with van der Waals surface area (Å²) in [6.07, 6.45) is 3.26. The van der Waals surface area contributed by atoms with E-state index in [1.807, 2.05) is 36.4 Å². The first-order valence-electron chi connectivity index (χ1n) is 11.7. The molecule has 0 bridgehead atoms. The maximum Gasteiger partial charge on any atom is 0.141 e. The van der Waals surface area contributed by atoms with E-state index >= 15 is 0 Å². The molecule has 1 aliphatic heterocycles. The zero-order valence-electron chi connectivity index (χ0n) is 20.5. The number of aromatic hydroxyl groups is 3. The highest BCUT2D eigenvalue weighted by atomic mass is 35.5. The predicted molar refractivity (Wildman–Crippen MR) is 148 cm³/mol. The van der Waals surface area contributed by atoms with Gasteiger partial charge < -0.3 is 29.5 Å². The van der Waals surface area contributed by atoms with Crippen LogP contribution in [0.4, 0.5) is 0 Å². The minimum Gasteiger partial charge on any atom is -0.508 e. The molecule has 4 aromatic rings. The van der Waals surface area contributed by atoms with Crippen LogP contribution < -0.4 is 14.2 Å². The smallest absolute Gasteiger partial charge is 0.141 e. The fraction of sp³-hybridized carbons (Fsp3) is 0.133. The van der Waals surface area contributed by atoms with Crippen molar-refractivity contribution in [3.63, 3.8) is 0 Å². The number of phenols is 3. The number of benzene rings is 4. The molecule has 0 aliphatic carbocycles. The topological polar surface area (TPSA) is 88.4 Å². The Balaban J connectivity index is 1.59. The maximum atomic E-state index is 10.3. The molecule has 0 spiro atoms. The molecule has 0 aromatic heterocycles. The molecule has 0 saturated heterocycles. The van der Waals surface area contributed by atoms with Gasteiger partial charge in [0, 0.05) is 23.3 Å². The standard InChI is InChI=1S/C30H24Cl2O6/c1-36-21-12-18(28(31)26(15-21)37-2)5-3-16-4-10-25-22(11-16)27(23-13-20(34)14-24(35)29(23)32)30(38-25)17-6-8-19(33)9-7-17/h3-15,27,30,33-35H,1-2H3/b5-3+.